The van der Waals surface area contributed by atoms with Gasteiger partial charge in [0.25, 0.3) is 11.8 Å². The molecule has 32 heavy (non-hydrogen) atoms. The number of oxime groups is 1. The predicted octanol–water partition coefficient (Wildman–Crippen LogP) is -4.34. The molecule has 2 N–H and O–H groups in total. The summed E-state index contributed by atoms with van der Waals surface area (Å²) < 4.78 is 37.7. The summed E-state index contributed by atoms with van der Waals surface area (Å²) in [6, 6.07) is -3.67. The average Bonchev–Trinajstić information content (AvgIpc) is 3.05. The number of β-lactam (4-membered cyclic amide) rings is 1. The topological polar surface area (TPSA) is 196 Å². The van der Waals surface area contributed by atoms with E-state index in [2.05, 4.69) is 30.3 Å². The van der Waals surface area contributed by atoms with Gasteiger partial charge in [-0.1, -0.05) is 28.1 Å². The van der Waals surface area contributed by atoms with Crippen molar-refractivity contribution < 1.29 is 71.3 Å². The van der Waals surface area contributed by atoms with Crippen molar-refractivity contribution >= 4 is 79.4 Å². The van der Waals surface area contributed by atoms with E-state index >= 15 is 0 Å². The molecule has 3 amide bonds. The monoisotopic (exact) mass is 539 g/mol. The van der Waals surface area contributed by atoms with Crippen LogP contribution in [-0.2, 0) is 39.1 Å². The van der Waals surface area contributed by atoms with Gasteiger partial charge in [0.2, 0.25) is 5.91 Å². The van der Waals surface area contributed by atoms with E-state index in [-0.39, 0.29) is 54.9 Å². The molecule has 0 radical (unpaired) electrons. The van der Waals surface area contributed by atoms with Gasteiger partial charge >= 0.3 is 35.5 Å². The minimum atomic E-state index is -5.34. The first-order chi connectivity index (χ1) is 14.5. The van der Waals surface area contributed by atoms with Crippen LogP contribution in [0, 0.1) is 0 Å². The zero-order chi connectivity index (χ0) is 23.5. The molecule has 0 aromatic carbocycles. The number of ether oxygens (including phenoxy) is 1. The third-order valence-corrected chi connectivity index (χ3v) is 5.90. The van der Waals surface area contributed by atoms with E-state index in [1.165, 1.54) is 0 Å². The van der Waals surface area contributed by atoms with E-state index in [0.717, 1.165) is 25.6 Å². The summed E-state index contributed by atoms with van der Waals surface area (Å²) in [7, 11) is -3.37. The van der Waals surface area contributed by atoms with Gasteiger partial charge in [0.1, 0.15) is 29.1 Å². The standard InChI is InChI=1S/C13H13Cl2N5O9S2.Na/c1-28-12(24)8-7(11(23)20(8)31(25,26)27)17-10(22)6(19-29-2)5-9(15)30-13(18-5)16-4(21)3-14;/h7-8H,3H2,1-2H3,(H,17,22)(H,16,18,21)(H,25,26,27);/q;+1/p-1. The van der Waals surface area contributed by atoms with Crippen molar-refractivity contribution in [1.82, 2.24) is 14.6 Å². The van der Waals surface area contributed by atoms with Gasteiger partial charge in [-0.2, -0.15) is 0 Å². The fourth-order valence-corrected chi connectivity index (χ4v) is 4.30. The Balaban J connectivity index is 0.00000512. The van der Waals surface area contributed by atoms with E-state index in [9.17, 15) is 32.1 Å². The van der Waals surface area contributed by atoms with Crippen molar-refractivity contribution in [3.8, 4) is 0 Å². The van der Waals surface area contributed by atoms with Gasteiger partial charge in [-0.3, -0.25) is 14.4 Å². The fourth-order valence-electron chi connectivity index (χ4n) is 2.35. The molecular weight excluding hydrogens is 528 g/mol. The maximum atomic E-state index is 12.7. The van der Waals surface area contributed by atoms with Crippen LogP contribution in [0.1, 0.15) is 5.69 Å². The number of methoxy groups -OCH3 is 1. The Morgan fingerprint density at radius 2 is 1.97 bits per heavy atom. The zero-order valence-corrected chi connectivity index (χ0v) is 21.6. The normalized spacial score (nSPS) is 18.2. The number of alkyl halides is 1. The number of nitrogens with one attached hydrogen (secondary N) is 2. The van der Waals surface area contributed by atoms with Gasteiger partial charge in [0.15, 0.2) is 27.2 Å². The number of halogens is 2. The Morgan fingerprint density at radius 1 is 1.34 bits per heavy atom. The molecule has 1 fully saturated rings. The Hall–Kier alpha value is -1.53. The molecule has 1 aromatic rings. The molecule has 2 rings (SSSR count). The summed E-state index contributed by atoms with van der Waals surface area (Å²) >= 11 is 12.2. The van der Waals surface area contributed by atoms with Crippen molar-refractivity contribution in [1.29, 1.82) is 0 Å². The minimum Gasteiger partial charge on any atom is -0.731 e. The molecule has 1 saturated heterocycles. The number of nitrogens with zero attached hydrogens (tertiary/aromatic N) is 3. The molecule has 0 spiro atoms. The van der Waals surface area contributed by atoms with Crippen LogP contribution in [-0.4, -0.2) is 83.8 Å². The van der Waals surface area contributed by atoms with Crippen molar-refractivity contribution in [3.63, 3.8) is 0 Å². The van der Waals surface area contributed by atoms with Gasteiger partial charge in [-0.05, 0) is 0 Å². The summed E-state index contributed by atoms with van der Waals surface area (Å²) in [4.78, 5) is 56.4. The second kappa shape index (κ2) is 11.6. The number of hydrogen-bond acceptors (Lipinski definition) is 12. The van der Waals surface area contributed by atoms with Crippen molar-refractivity contribution in [2.45, 2.75) is 12.1 Å². The number of rotatable bonds is 8. The molecule has 0 bridgehead atoms. The first-order valence-electron chi connectivity index (χ1n) is 7.77. The first kappa shape index (κ1) is 28.5. The SMILES string of the molecule is CON=C(C(=O)NC1C(=O)N(S(=O)(=O)[O-])C1C(=O)OC)c1nc(NC(=O)CCl)sc1Cl.[Na+]. The zero-order valence-electron chi connectivity index (χ0n) is 16.5. The smallest absolute Gasteiger partial charge is 0.731 e. The molecule has 2 heterocycles. The molecule has 170 valence electrons. The fraction of sp³-hybridized carbons (Fsp3) is 0.385. The molecular formula is C13H12Cl2N5NaO9S2. The van der Waals surface area contributed by atoms with E-state index in [0.29, 0.717) is 0 Å². The summed E-state index contributed by atoms with van der Waals surface area (Å²) in [6.07, 6.45) is 0. The predicted molar refractivity (Wildman–Crippen MR) is 104 cm³/mol. The van der Waals surface area contributed by atoms with Crippen LogP contribution in [0.2, 0.25) is 4.34 Å². The summed E-state index contributed by atoms with van der Waals surface area (Å²) in [6.45, 7) is 0. The van der Waals surface area contributed by atoms with Gasteiger partial charge < -0.3 is 24.8 Å². The minimum absolute atomic E-state index is 0. The van der Waals surface area contributed by atoms with Crippen LogP contribution >= 0.6 is 34.5 Å². The number of esters is 1. The largest absolute Gasteiger partial charge is 1.00 e. The quantitative estimate of drug-likeness (QED) is 0.0619. The third kappa shape index (κ3) is 6.07. The van der Waals surface area contributed by atoms with Gasteiger partial charge in [-0.15, -0.1) is 11.6 Å². The van der Waals surface area contributed by atoms with Crippen molar-refractivity contribution in [3.05, 3.63) is 10.0 Å². The van der Waals surface area contributed by atoms with E-state index in [1.807, 2.05) is 0 Å². The number of carbonyl (C=O) groups is 4. The van der Waals surface area contributed by atoms with Crippen LogP contribution in [0.3, 0.4) is 0 Å². The molecule has 1 aliphatic heterocycles. The molecule has 0 aliphatic carbocycles. The van der Waals surface area contributed by atoms with E-state index in [4.69, 9.17) is 23.2 Å². The Labute approximate surface area is 216 Å². The maximum absolute atomic E-state index is 12.7. The number of thiazole rings is 1. The number of carbonyl (C=O) groups excluding carboxylic acids is 4. The number of aromatic nitrogens is 1. The molecule has 19 heteroatoms. The number of amides is 3. The Bertz CT molecular complexity index is 1060. The average molecular weight is 540 g/mol. The van der Waals surface area contributed by atoms with Crippen LogP contribution in [0.5, 0.6) is 0 Å². The van der Waals surface area contributed by atoms with Crippen LogP contribution < -0.4 is 40.2 Å². The van der Waals surface area contributed by atoms with Gasteiger partial charge in [0, 0.05) is 0 Å². The third-order valence-electron chi connectivity index (χ3n) is 3.60. The van der Waals surface area contributed by atoms with E-state index < -0.39 is 51.8 Å². The van der Waals surface area contributed by atoms with Crippen molar-refractivity contribution in [2.24, 2.45) is 5.16 Å². The second-order valence-corrected chi connectivity index (χ2v) is 8.57. The molecule has 1 aliphatic rings. The maximum Gasteiger partial charge on any atom is 1.00 e. The summed E-state index contributed by atoms with van der Waals surface area (Å²) in [5.41, 5.74) is -0.833. The molecule has 2 atom stereocenters. The van der Waals surface area contributed by atoms with Crippen molar-refractivity contribution in [2.75, 3.05) is 25.4 Å². The van der Waals surface area contributed by atoms with Gasteiger partial charge in [0.05, 0.1) is 7.11 Å². The Morgan fingerprint density at radius 3 is 2.47 bits per heavy atom. The van der Waals surface area contributed by atoms with Gasteiger partial charge in [-0.25, -0.2) is 22.5 Å². The van der Waals surface area contributed by atoms with Crippen LogP contribution in [0.25, 0.3) is 0 Å². The summed E-state index contributed by atoms with van der Waals surface area (Å²) in [5.74, 6) is -4.75. The molecule has 0 saturated carbocycles. The first-order valence-corrected chi connectivity index (χ1v) is 10.9. The van der Waals surface area contributed by atoms with Crippen LogP contribution in [0.15, 0.2) is 5.16 Å². The summed E-state index contributed by atoms with van der Waals surface area (Å²) in [5, 5.41) is 7.81. The second-order valence-electron chi connectivity index (χ2n) is 5.46. The molecule has 2 unspecified atom stereocenters. The number of hydrogen-bond donors (Lipinski definition) is 2. The molecule has 1 aromatic heterocycles. The Kier molecular flexibility index (Phi) is 10.3. The number of anilines is 1. The molecule has 14 nitrogen and oxygen atoms in total. The van der Waals surface area contributed by atoms with E-state index in [1.54, 1.807) is 0 Å². The van der Waals surface area contributed by atoms with Crippen LogP contribution in [0.4, 0.5) is 5.13 Å².